The normalized spacial score (nSPS) is 11.8. The second kappa shape index (κ2) is 8.26. The first kappa shape index (κ1) is 17.8. The van der Waals surface area contributed by atoms with Gasteiger partial charge in [0, 0.05) is 18.7 Å². The van der Waals surface area contributed by atoms with Crippen LogP contribution >= 0.6 is 0 Å². The summed E-state index contributed by atoms with van der Waals surface area (Å²) < 4.78 is 27.0. The molecule has 0 aromatic heterocycles. The van der Waals surface area contributed by atoms with Crippen molar-refractivity contribution >= 4 is 15.8 Å². The number of carbonyl (C=O) groups excluding carboxylic acids is 1. The number of hydrogen-bond donors (Lipinski definition) is 1. The Bertz CT molecular complexity index is 570. The molecule has 0 atom stereocenters. The van der Waals surface area contributed by atoms with Gasteiger partial charge in [-0.1, -0.05) is 26.0 Å². The topological polar surface area (TPSA) is 66.5 Å². The summed E-state index contributed by atoms with van der Waals surface area (Å²) in [6.07, 6.45) is 1.04. The Morgan fingerprint density at radius 2 is 1.95 bits per heavy atom. The van der Waals surface area contributed by atoms with Crippen LogP contribution < -0.4 is 4.72 Å². The molecule has 0 heterocycles. The molecule has 0 aliphatic carbocycles. The van der Waals surface area contributed by atoms with Gasteiger partial charge in [-0.25, -0.2) is 13.1 Å². The minimum atomic E-state index is -3.56. The largest absolute Gasteiger partial charge is 0.302 e. The number of nitrogens with one attached hydrogen (secondary N) is 1. The maximum Gasteiger partial charge on any atom is 0.240 e. The van der Waals surface area contributed by atoms with Crippen molar-refractivity contribution < 1.29 is 13.2 Å². The molecule has 21 heavy (non-hydrogen) atoms. The van der Waals surface area contributed by atoms with Crippen LogP contribution in [0.1, 0.15) is 37.6 Å². The third kappa shape index (κ3) is 5.57. The molecule has 1 rings (SSSR count). The van der Waals surface area contributed by atoms with E-state index in [1.54, 1.807) is 12.1 Å². The summed E-state index contributed by atoms with van der Waals surface area (Å²) in [5.74, 6) is -0.146. The number of carbonyl (C=O) groups is 1. The highest BCUT2D eigenvalue weighted by atomic mass is 32.2. The van der Waals surface area contributed by atoms with E-state index in [0.29, 0.717) is 18.7 Å². The lowest BCUT2D eigenvalue weighted by atomic mass is 10.2. The van der Waals surface area contributed by atoms with Crippen molar-refractivity contribution in [2.45, 2.75) is 32.1 Å². The highest BCUT2D eigenvalue weighted by molar-refractivity contribution is 7.89. The predicted octanol–water partition coefficient (Wildman–Crippen LogP) is 1.90. The van der Waals surface area contributed by atoms with Gasteiger partial charge in [-0.2, -0.15) is 0 Å². The SMILES string of the molecule is CCCN(CC)CCNS(=O)(=O)c1cccc(C(C)=O)c1. The fraction of sp³-hybridized carbons (Fsp3) is 0.533. The van der Waals surface area contributed by atoms with E-state index in [4.69, 9.17) is 0 Å². The second-order valence-corrected chi connectivity index (χ2v) is 6.68. The predicted molar refractivity (Wildman–Crippen MR) is 84.0 cm³/mol. The van der Waals surface area contributed by atoms with Gasteiger partial charge in [0.1, 0.15) is 0 Å². The number of Topliss-reactive ketones (excluding diaryl/α,β-unsaturated/α-hetero) is 1. The van der Waals surface area contributed by atoms with Crippen LogP contribution in [0.2, 0.25) is 0 Å². The average molecular weight is 312 g/mol. The number of nitrogens with zero attached hydrogens (tertiary/aromatic N) is 1. The Balaban J connectivity index is 2.69. The molecule has 0 aliphatic heterocycles. The second-order valence-electron chi connectivity index (χ2n) is 4.92. The Morgan fingerprint density at radius 3 is 2.52 bits per heavy atom. The highest BCUT2D eigenvalue weighted by Gasteiger charge is 2.15. The molecule has 0 radical (unpaired) electrons. The number of sulfonamides is 1. The Kier molecular flexibility index (Phi) is 7.01. The Hall–Kier alpha value is -1.24. The molecule has 0 unspecified atom stereocenters. The number of hydrogen-bond acceptors (Lipinski definition) is 4. The van der Waals surface area contributed by atoms with E-state index in [0.717, 1.165) is 19.5 Å². The fourth-order valence-electron chi connectivity index (χ4n) is 2.05. The van der Waals surface area contributed by atoms with E-state index in [2.05, 4.69) is 23.5 Å². The molecule has 0 saturated carbocycles. The summed E-state index contributed by atoms with van der Waals surface area (Å²) in [4.78, 5) is 13.6. The van der Waals surface area contributed by atoms with Crippen molar-refractivity contribution in [1.29, 1.82) is 0 Å². The summed E-state index contributed by atoms with van der Waals surface area (Å²) >= 11 is 0. The number of rotatable bonds is 9. The van der Waals surface area contributed by atoms with Gasteiger partial charge >= 0.3 is 0 Å². The minimum Gasteiger partial charge on any atom is -0.302 e. The standard InChI is InChI=1S/C15H24N2O3S/c1-4-10-17(5-2)11-9-16-21(19,20)15-8-6-7-14(12-15)13(3)18/h6-8,12,16H,4-5,9-11H2,1-3H3. The maximum absolute atomic E-state index is 12.2. The molecule has 0 amide bonds. The van der Waals surface area contributed by atoms with E-state index in [-0.39, 0.29) is 10.7 Å². The van der Waals surface area contributed by atoms with E-state index in [9.17, 15) is 13.2 Å². The summed E-state index contributed by atoms with van der Waals surface area (Å²) in [5, 5.41) is 0. The zero-order valence-corrected chi connectivity index (χ0v) is 13.7. The van der Waals surface area contributed by atoms with Crippen LogP contribution in [0.4, 0.5) is 0 Å². The van der Waals surface area contributed by atoms with Crippen LogP contribution in [0, 0.1) is 0 Å². The van der Waals surface area contributed by atoms with Gasteiger partial charge in [0.05, 0.1) is 4.90 Å². The molecule has 0 saturated heterocycles. The molecule has 0 fully saturated rings. The Labute approximate surface area is 127 Å². The zero-order chi connectivity index (χ0) is 15.9. The Morgan fingerprint density at radius 1 is 1.24 bits per heavy atom. The first-order valence-corrected chi connectivity index (χ1v) is 8.72. The lowest BCUT2D eigenvalue weighted by Gasteiger charge is -2.19. The first-order chi connectivity index (χ1) is 9.90. The van der Waals surface area contributed by atoms with Crippen molar-refractivity contribution in [1.82, 2.24) is 9.62 Å². The van der Waals surface area contributed by atoms with E-state index in [1.807, 2.05) is 0 Å². The van der Waals surface area contributed by atoms with Crippen molar-refractivity contribution in [3.05, 3.63) is 29.8 Å². The van der Waals surface area contributed by atoms with Crippen molar-refractivity contribution in [2.24, 2.45) is 0 Å². The molecule has 118 valence electrons. The third-order valence-corrected chi connectivity index (χ3v) is 4.72. The average Bonchev–Trinajstić information content (AvgIpc) is 2.46. The lowest BCUT2D eigenvalue weighted by Crippen LogP contribution is -2.35. The van der Waals surface area contributed by atoms with Gasteiger partial charge in [-0.05, 0) is 38.6 Å². The summed E-state index contributed by atoms with van der Waals surface area (Å²) in [5.41, 5.74) is 0.402. The smallest absolute Gasteiger partial charge is 0.240 e. The molecular weight excluding hydrogens is 288 g/mol. The van der Waals surface area contributed by atoms with Crippen LogP contribution in [0.3, 0.4) is 0 Å². The van der Waals surface area contributed by atoms with Gasteiger partial charge < -0.3 is 4.90 Å². The fourth-order valence-corrected chi connectivity index (χ4v) is 3.11. The number of ketones is 1. The van der Waals surface area contributed by atoms with Crippen molar-refractivity contribution in [3.8, 4) is 0 Å². The summed E-state index contributed by atoms with van der Waals surface area (Å²) in [6.45, 7) is 8.47. The van der Waals surface area contributed by atoms with E-state index >= 15 is 0 Å². The quantitative estimate of drug-likeness (QED) is 0.707. The maximum atomic E-state index is 12.2. The van der Waals surface area contributed by atoms with Gasteiger partial charge in [0.15, 0.2) is 5.78 Å². The van der Waals surface area contributed by atoms with Crippen LogP contribution in [0.25, 0.3) is 0 Å². The molecule has 0 aliphatic rings. The van der Waals surface area contributed by atoms with Gasteiger partial charge in [-0.3, -0.25) is 4.79 Å². The van der Waals surface area contributed by atoms with Crippen molar-refractivity contribution in [2.75, 3.05) is 26.2 Å². The molecule has 0 bridgehead atoms. The number of benzene rings is 1. The monoisotopic (exact) mass is 312 g/mol. The molecule has 6 heteroatoms. The van der Waals surface area contributed by atoms with Gasteiger partial charge in [0.25, 0.3) is 0 Å². The van der Waals surface area contributed by atoms with Gasteiger partial charge in [0.2, 0.25) is 10.0 Å². The summed E-state index contributed by atoms with van der Waals surface area (Å²) in [7, 11) is -3.56. The van der Waals surface area contributed by atoms with Crippen LogP contribution in [-0.2, 0) is 10.0 Å². The third-order valence-electron chi connectivity index (χ3n) is 3.26. The zero-order valence-electron chi connectivity index (χ0n) is 12.9. The first-order valence-electron chi connectivity index (χ1n) is 7.23. The molecule has 5 nitrogen and oxygen atoms in total. The minimum absolute atomic E-state index is 0.133. The van der Waals surface area contributed by atoms with E-state index in [1.165, 1.54) is 19.1 Å². The summed E-state index contributed by atoms with van der Waals surface area (Å²) in [6, 6.07) is 6.11. The van der Waals surface area contributed by atoms with Crippen LogP contribution in [0.5, 0.6) is 0 Å². The van der Waals surface area contributed by atoms with Crippen molar-refractivity contribution in [3.63, 3.8) is 0 Å². The molecule has 1 aromatic rings. The molecular formula is C15H24N2O3S. The highest BCUT2D eigenvalue weighted by Crippen LogP contribution is 2.11. The van der Waals surface area contributed by atoms with E-state index < -0.39 is 10.0 Å². The molecule has 1 aromatic carbocycles. The van der Waals surface area contributed by atoms with Crippen LogP contribution in [0.15, 0.2) is 29.2 Å². The van der Waals surface area contributed by atoms with Crippen LogP contribution in [-0.4, -0.2) is 45.3 Å². The number of likely N-dealkylation sites (N-methyl/N-ethyl adjacent to an activating group) is 1. The lowest BCUT2D eigenvalue weighted by molar-refractivity contribution is 0.101. The molecule has 0 spiro atoms. The molecule has 1 N–H and O–H groups in total. The van der Waals surface area contributed by atoms with Gasteiger partial charge in [-0.15, -0.1) is 0 Å².